The van der Waals surface area contributed by atoms with Gasteiger partial charge in [0.25, 0.3) is 5.69 Å². The van der Waals surface area contributed by atoms with E-state index in [9.17, 15) is 10.1 Å². The van der Waals surface area contributed by atoms with Gasteiger partial charge in [0.1, 0.15) is 0 Å². The second kappa shape index (κ2) is 4.89. The average Bonchev–Trinajstić information content (AvgIpc) is 3.08. The Morgan fingerprint density at radius 1 is 1.22 bits per heavy atom. The van der Waals surface area contributed by atoms with Crippen LogP contribution < -0.4 is 0 Å². The number of thiazole rings is 1. The number of hydrogen-bond donors (Lipinski definition) is 0. The van der Waals surface area contributed by atoms with Crippen LogP contribution in [0.2, 0.25) is 0 Å². The molecule has 0 amide bonds. The van der Waals surface area contributed by atoms with Gasteiger partial charge in [-0.2, -0.15) is 0 Å². The van der Waals surface area contributed by atoms with Crippen LogP contribution in [0.15, 0.2) is 42.6 Å². The zero-order valence-corrected chi connectivity index (χ0v) is 13.4. The fourth-order valence-corrected chi connectivity index (χ4v) is 3.84. The quantitative estimate of drug-likeness (QED) is 0.395. The standard InChI is InChI=1S/C17H13N3O2S/c1-10-6-7-15-16(11(10)2)19-9-14(18-17(19)23-15)12-4-3-5-13(8-12)20(21)22/h3-9H,1-2H3. The predicted octanol–water partition coefficient (Wildman–Crippen LogP) is 4.74. The van der Waals surface area contributed by atoms with Gasteiger partial charge >= 0.3 is 0 Å². The van der Waals surface area contributed by atoms with Crippen molar-refractivity contribution in [1.29, 1.82) is 0 Å². The normalized spacial score (nSPS) is 11.4. The minimum Gasteiger partial charge on any atom is -0.289 e. The maximum atomic E-state index is 10.9. The maximum Gasteiger partial charge on any atom is 0.270 e. The Morgan fingerprint density at radius 2 is 2.04 bits per heavy atom. The zero-order chi connectivity index (χ0) is 16.1. The number of hydrogen-bond acceptors (Lipinski definition) is 4. The van der Waals surface area contributed by atoms with Crippen LogP contribution in [0.5, 0.6) is 0 Å². The fraction of sp³-hybridized carbons (Fsp3) is 0.118. The lowest BCUT2D eigenvalue weighted by molar-refractivity contribution is -0.384. The molecule has 0 saturated carbocycles. The third-order valence-electron chi connectivity index (χ3n) is 4.13. The Labute approximate surface area is 136 Å². The van der Waals surface area contributed by atoms with Gasteiger partial charge in [-0.25, -0.2) is 4.98 Å². The predicted molar refractivity (Wildman–Crippen MR) is 92.1 cm³/mol. The summed E-state index contributed by atoms with van der Waals surface area (Å²) in [4.78, 5) is 16.1. The topological polar surface area (TPSA) is 60.4 Å². The molecule has 0 radical (unpaired) electrons. The van der Waals surface area contributed by atoms with E-state index in [1.807, 2.05) is 12.3 Å². The largest absolute Gasteiger partial charge is 0.289 e. The molecule has 2 heterocycles. The van der Waals surface area contributed by atoms with Crippen LogP contribution in [-0.2, 0) is 0 Å². The molecular formula is C17H13N3O2S. The molecule has 0 aliphatic heterocycles. The highest BCUT2D eigenvalue weighted by atomic mass is 32.1. The Balaban J connectivity index is 1.94. The summed E-state index contributed by atoms with van der Waals surface area (Å²) in [6, 6.07) is 10.8. The number of fused-ring (bicyclic) bond motifs is 3. The van der Waals surface area contributed by atoms with Crippen LogP contribution in [-0.4, -0.2) is 14.3 Å². The van der Waals surface area contributed by atoms with Gasteiger partial charge in [0, 0.05) is 23.9 Å². The van der Waals surface area contributed by atoms with Crippen molar-refractivity contribution >= 4 is 32.2 Å². The second-order valence-corrected chi connectivity index (χ2v) is 6.55. The summed E-state index contributed by atoms with van der Waals surface area (Å²) in [5.74, 6) is 0. The van der Waals surface area contributed by atoms with E-state index in [0.717, 1.165) is 21.7 Å². The van der Waals surface area contributed by atoms with Crippen molar-refractivity contribution in [2.45, 2.75) is 13.8 Å². The van der Waals surface area contributed by atoms with E-state index in [1.54, 1.807) is 23.5 Å². The highest BCUT2D eigenvalue weighted by molar-refractivity contribution is 7.23. The molecule has 114 valence electrons. The maximum absolute atomic E-state index is 10.9. The summed E-state index contributed by atoms with van der Waals surface area (Å²) in [7, 11) is 0. The van der Waals surface area contributed by atoms with E-state index in [4.69, 9.17) is 0 Å². The van der Waals surface area contributed by atoms with Gasteiger partial charge in [-0.1, -0.05) is 29.5 Å². The van der Waals surface area contributed by atoms with Crippen LogP contribution in [0.25, 0.3) is 26.4 Å². The summed E-state index contributed by atoms with van der Waals surface area (Å²) in [5, 5.41) is 10.9. The number of nitrogens with zero attached hydrogens (tertiary/aromatic N) is 3. The molecule has 2 aromatic carbocycles. The van der Waals surface area contributed by atoms with Crippen molar-refractivity contribution in [3.8, 4) is 11.3 Å². The number of rotatable bonds is 2. The molecule has 23 heavy (non-hydrogen) atoms. The van der Waals surface area contributed by atoms with Gasteiger partial charge in [0.15, 0.2) is 4.96 Å². The summed E-state index contributed by atoms with van der Waals surface area (Å²) in [6.45, 7) is 4.20. The summed E-state index contributed by atoms with van der Waals surface area (Å²) < 4.78 is 3.28. The van der Waals surface area contributed by atoms with E-state index >= 15 is 0 Å². The highest BCUT2D eigenvalue weighted by Gasteiger charge is 2.14. The van der Waals surface area contributed by atoms with Gasteiger partial charge in [-0.15, -0.1) is 0 Å². The Morgan fingerprint density at radius 3 is 2.83 bits per heavy atom. The summed E-state index contributed by atoms with van der Waals surface area (Å²) in [6.07, 6.45) is 1.96. The van der Waals surface area contributed by atoms with E-state index in [0.29, 0.717) is 0 Å². The molecule has 0 spiro atoms. The minimum atomic E-state index is -0.384. The van der Waals surface area contributed by atoms with Gasteiger partial charge in [-0.3, -0.25) is 14.5 Å². The number of nitro groups is 1. The molecule has 0 atom stereocenters. The Bertz CT molecular complexity index is 1080. The Kier molecular flexibility index (Phi) is 2.96. The van der Waals surface area contributed by atoms with Gasteiger partial charge in [-0.05, 0) is 31.0 Å². The first-order chi connectivity index (χ1) is 11.0. The van der Waals surface area contributed by atoms with Crippen molar-refractivity contribution in [2.24, 2.45) is 0 Å². The third-order valence-corrected chi connectivity index (χ3v) is 5.15. The Hall–Kier alpha value is -2.73. The molecule has 6 heteroatoms. The highest BCUT2D eigenvalue weighted by Crippen LogP contribution is 2.33. The molecule has 2 aromatic heterocycles. The number of nitro benzene ring substituents is 1. The second-order valence-electron chi connectivity index (χ2n) is 5.54. The lowest BCUT2D eigenvalue weighted by Gasteiger charge is -2.01. The van der Waals surface area contributed by atoms with Crippen molar-refractivity contribution < 1.29 is 4.92 Å². The number of benzene rings is 2. The van der Waals surface area contributed by atoms with Crippen molar-refractivity contribution in [3.05, 3.63) is 63.8 Å². The first-order valence-electron chi connectivity index (χ1n) is 7.17. The molecule has 5 nitrogen and oxygen atoms in total. The van der Waals surface area contributed by atoms with Crippen LogP contribution >= 0.6 is 11.3 Å². The first-order valence-corrected chi connectivity index (χ1v) is 7.99. The number of non-ortho nitro benzene ring substituents is 1. The molecule has 4 rings (SSSR count). The van der Waals surface area contributed by atoms with Crippen molar-refractivity contribution in [2.75, 3.05) is 0 Å². The molecule has 0 N–H and O–H groups in total. The van der Waals surface area contributed by atoms with Gasteiger partial charge in [0.05, 0.1) is 20.8 Å². The van der Waals surface area contributed by atoms with Crippen LogP contribution in [0.3, 0.4) is 0 Å². The van der Waals surface area contributed by atoms with Gasteiger partial charge in [0.2, 0.25) is 0 Å². The SMILES string of the molecule is Cc1ccc2sc3nc(-c4cccc([N+](=O)[O-])c4)cn3c2c1C. The molecule has 4 aromatic rings. The van der Waals surface area contributed by atoms with E-state index in [1.165, 1.54) is 21.9 Å². The smallest absolute Gasteiger partial charge is 0.270 e. The lowest BCUT2D eigenvalue weighted by atomic mass is 10.1. The van der Waals surface area contributed by atoms with E-state index in [-0.39, 0.29) is 10.6 Å². The molecule has 0 aliphatic rings. The molecule has 0 bridgehead atoms. The molecule has 0 unspecified atom stereocenters. The first kappa shape index (κ1) is 13.9. The van der Waals surface area contributed by atoms with Crippen molar-refractivity contribution in [3.63, 3.8) is 0 Å². The summed E-state index contributed by atoms with van der Waals surface area (Å²) >= 11 is 1.63. The summed E-state index contributed by atoms with van der Waals surface area (Å²) in [5.41, 5.74) is 5.22. The number of aryl methyl sites for hydroxylation is 2. The lowest BCUT2D eigenvalue weighted by Crippen LogP contribution is -1.88. The van der Waals surface area contributed by atoms with Crippen molar-refractivity contribution in [1.82, 2.24) is 9.38 Å². The number of aromatic nitrogens is 2. The monoisotopic (exact) mass is 323 g/mol. The molecule has 0 aliphatic carbocycles. The average molecular weight is 323 g/mol. The zero-order valence-electron chi connectivity index (χ0n) is 12.6. The van der Waals surface area contributed by atoms with Crippen LogP contribution in [0.4, 0.5) is 5.69 Å². The molecule has 0 fully saturated rings. The minimum absolute atomic E-state index is 0.0794. The van der Waals surface area contributed by atoms with E-state index < -0.39 is 0 Å². The number of imidazole rings is 1. The molecular weight excluding hydrogens is 310 g/mol. The van der Waals surface area contributed by atoms with Gasteiger partial charge < -0.3 is 0 Å². The van der Waals surface area contributed by atoms with Crippen LogP contribution in [0, 0.1) is 24.0 Å². The van der Waals surface area contributed by atoms with E-state index in [2.05, 4.69) is 35.4 Å². The van der Waals surface area contributed by atoms with Crippen LogP contribution in [0.1, 0.15) is 11.1 Å². The molecule has 0 saturated heterocycles. The fourth-order valence-electron chi connectivity index (χ4n) is 2.77. The third kappa shape index (κ3) is 2.10.